The molecule has 0 radical (unpaired) electrons. The van der Waals surface area contributed by atoms with Crippen LogP contribution in [0.25, 0.3) is 6.20 Å². The lowest BCUT2D eigenvalue weighted by atomic mass is 9.95. The fourth-order valence-corrected chi connectivity index (χ4v) is 4.87. The minimum absolute atomic E-state index is 0.227. The van der Waals surface area contributed by atoms with E-state index in [1.807, 2.05) is 49.4 Å². The van der Waals surface area contributed by atoms with Gasteiger partial charge in [-0.1, -0.05) is 29.5 Å². The van der Waals surface area contributed by atoms with Crippen LogP contribution < -0.4 is 24.9 Å². The average molecular weight is 478 g/mol. The lowest BCUT2D eigenvalue weighted by Gasteiger charge is -2.24. The molecule has 2 aromatic carbocycles. The zero-order valence-electron chi connectivity index (χ0n) is 19.8. The molecule has 1 N–H and O–H groups in total. The van der Waals surface area contributed by atoms with Crippen LogP contribution in [0.1, 0.15) is 36.6 Å². The zero-order valence-corrected chi connectivity index (χ0v) is 20.7. The molecule has 8 heteroatoms. The Morgan fingerprint density at radius 3 is 2.68 bits per heavy atom. The van der Waals surface area contributed by atoms with Crippen molar-refractivity contribution in [1.82, 2.24) is 4.57 Å². The number of thiazole rings is 1. The van der Waals surface area contributed by atoms with Gasteiger partial charge in [0.1, 0.15) is 10.3 Å². The third-order valence-corrected chi connectivity index (χ3v) is 6.79. The normalized spacial score (nSPS) is 15.6. The quantitative estimate of drug-likeness (QED) is 0.550. The highest BCUT2D eigenvalue weighted by molar-refractivity contribution is 7.07. The highest BCUT2D eigenvalue weighted by atomic mass is 32.1. The van der Waals surface area contributed by atoms with Crippen LogP contribution in [0.15, 0.2) is 63.5 Å². The average Bonchev–Trinajstić information content (AvgIpc) is 3.13. The first kappa shape index (κ1) is 23.5. The van der Waals surface area contributed by atoms with Gasteiger partial charge in [0.2, 0.25) is 0 Å². The molecule has 0 bridgehead atoms. The fraction of sp³-hybridized carbons (Fsp3) is 0.269. The van der Waals surface area contributed by atoms with Gasteiger partial charge in [-0.3, -0.25) is 9.36 Å². The number of nitrogens with zero attached hydrogens (tertiary/aromatic N) is 2. The highest BCUT2D eigenvalue weighted by Crippen LogP contribution is 2.32. The first-order valence-corrected chi connectivity index (χ1v) is 11.8. The number of allylic oxidation sites excluding steroid dienone is 1. The van der Waals surface area contributed by atoms with Crippen LogP contribution in [0.3, 0.4) is 0 Å². The van der Waals surface area contributed by atoms with Crippen LogP contribution >= 0.6 is 11.3 Å². The Morgan fingerprint density at radius 2 is 1.97 bits per heavy atom. The van der Waals surface area contributed by atoms with E-state index in [1.54, 1.807) is 31.7 Å². The van der Waals surface area contributed by atoms with Gasteiger partial charge in [0.05, 0.1) is 31.0 Å². The minimum Gasteiger partial charge on any atom is -0.497 e. The number of methoxy groups -OCH3 is 1. The Hall–Kier alpha value is -3.65. The Bertz CT molecular complexity index is 1470. The summed E-state index contributed by atoms with van der Waals surface area (Å²) in [6.45, 7) is 7.85. The van der Waals surface area contributed by atoms with Gasteiger partial charge < -0.3 is 14.8 Å². The predicted molar refractivity (Wildman–Crippen MR) is 134 cm³/mol. The van der Waals surface area contributed by atoms with Crippen molar-refractivity contribution in [2.45, 2.75) is 33.7 Å². The number of benzene rings is 2. The van der Waals surface area contributed by atoms with Crippen LogP contribution in [0.5, 0.6) is 5.75 Å². The molecule has 0 fully saturated rings. The first-order chi connectivity index (χ1) is 16.3. The topological polar surface area (TPSA) is 81.9 Å². The third-order valence-electron chi connectivity index (χ3n) is 5.80. The molecule has 0 saturated heterocycles. The van der Waals surface area contributed by atoms with Gasteiger partial charge in [0.25, 0.3) is 5.56 Å². The fourth-order valence-electron chi connectivity index (χ4n) is 3.90. The second kappa shape index (κ2) is 9.69. The molecule has 1 aliphatic rings. The van der Waals surface area contributed by atoms with Gasteiger partial charge in [0, 0.05) is 11.9 Å². The van der Waals surface area contributed by atoms with E-state index in [0.717, 1.165) is 16.8 Å². The maximum atomic E-state index is 13.6. The Morgan fingerprint density at radius 1 is 1.18 bits per heavy atom. The summed E-state index contributed by atoms with van der Waals surface area (Å²) in [5.41, 5.74) is 4.63. The summed E-state index contributed by atoms with van der Waals surface area (Å²) >= 11 is 1.28. The lowest BCUT2D eigenvalue weighted by Crippen LogP contribution is -2.40. The maximum absolute atomic E-state index is 13.6. The Balaban J connectivity index is 1.86. The molecule has 176 valence electrons. The molecule has 1 aromatic heterocycles. The number of carbonyl (C=O) groups excluding carboxylic acids is 1. The molecule has 7 nitrogen and oxygen atoms in total. The largest absolute Gasteiger partial charge is 0.497 e. The SMILES string of the molecule is CCOC(=O)C1=C(C)N=c2s/c(=C\Nc3ccc(C)c(C)c3)c(=O)n2[C@@H]1c1cccc(OC)c1. The van der Waals surface area contributed by atoms with Crippen molar-refractivity contribution in [1.29, 1.82) is 0 Å². The van der Waals surface area contributed by atoms with E-state index in [1.165, 1.54) is 16.9 Å². The van der Waals surface area contributed by atoms with Gasteiger partial charge in [-0.2, -0.15) is 0 Å². The zero-order chi connectivity index (χ0) is 24.4. The number of hydrogen-bond acceptors (Lipinski definition) is 7. The van der Waals surface area contributed by atoms with Crippen molar-refractivity contribution in [3.05, 3.63) is 90.1 Å². The van der Waals surface area contributed by atoms with Crippen LogP contribution in [0, 0.1) is 13.8 Å². The van der Waals surface area contributed by atoms with Crippen molar-refractivity contribution < 1.29 is 14.3 Å². The van der Waals surface area contributed by atoms with Crippen LogP contribution in [-0.2, 0) is 9.53 Å². The molecular weight excluding hydrogens is 450 g/mol. The summed E-state index contributed by atoms with van der Waals surface area (Å²) < 4.78 is 12.8. The summed E-state index contributed by atoms with van der Waals surface area (Å²) in [5, 5.41) is 3.22. The van der Waals surface area contributed by atoms with Gasteiger partial charge in [-0.15, -0.1) is 0 Å². The van der Waals surface area contributed by atoms with E-state index in [9.17, 15) is 9.59 Å². The highest BCUT2D eigenvalue weighted by Gasteiger charge is 2.33. The number of fused-ring (bicyclic) bond motifs is 1. The van der Waals surface area contributed by atoms with Crippen LogP contribution in [0.4, 0.5) is 5.69 Å². The number of ether oxygens (including phenoxy) is 2. The number of esters is 1. The Kier molecular flexibility index (Phi) is 6.70. The molecule has 1 aliphatic heterocycles. The maximum Gasteiger partial charge on any atom is 0.338 e. The van der Waals surface area contributed by atoms with E-state index >= 15 is 0 Å². The second-order valence-corrected chi connectivity index (χ2v) is 9.03. The van der Waals surface area contributed by atoms with Crippen LogP contribution in [-0.4, -0.2) is 24.3 Å². The monoisotopic (exact) mass is 477 g/mol. The van der Waals surface area contributed by atoms with E-state index in [-0.39, 0.29) is 12.2 Å². The van der Waals surface area contributed by atoms with E-state index in [4.69, 9.17) is 9.47 Å². The van der Waals surface area contributed by atoms with Crippen molar-refractivity contribution in [2.24, 2.45) is 4.99 Å². The summed E-state index contributed by atoms with van der Waals surface area (Å²) in [5.74, 6) is 0.146. The van der Waals surface area contributed by atoms with Gasteiger partial charge >= 0.3 is 5.97 Å². The minimum atomic E-state index is -0.672. The number of aryl methyl sites for hydroxylation is 2. The van der Waals surface area contributed by atoms with E-state index in [2.05, 4.69) is 17.2 Å². The molecule has 0 saturated carbocycles. The van der Waals surface area contributed by atoms with Crippen molar-refractivity contribution in [3.63, 3.8) is 0 Å². The van der Waals surface area contributed by atoms with Crippen molar-refractivity contribution >= 4 is 29.2 Å². The Labute approximate surface area is 201 Å². The predicted octanol–water partition coefficient (Wildman–Crippen LogP) is 3.45. The summed E-state index contributed by atoms with van der Waals surface area (Å²) in [4.78, 5) is 31.6. The van der Waals surface area contributed by atoms with E-state index < -0.39 is 12.0 Å². The van der Waals surface area contributed by atoms with Crippen LogP contribution in [0.2, 0.25) is 0 Å². The van der Waals surface area contributed by atoms with Gasteiger partial charge in [-0.05, 0) is 68.7 Å². The smallest absolute Gasteiger partial charge is 0.338 e. The molecule has 1 atom stereocenters. The summed E-state index contributed by atoms with van der Waals surface area (Å²) in [7, 11) is 1.58. The lowest BCUT2D eigenvalue weighted by molar-refractivity contribution is -0.139. The summed E-state index contributed by atoms with van der Waals surface area (Å²) in [6.07, 6.45) is 1.69. The standard InChI is InChI=1S/C26H27N3O4S/c1-6-33-25(31)22-17(4)28-26-29(23(22)18-8-7-9-20(13-18)32-5)24(30)21(34-26)14-27-19-11-10-15(2)16(3)12-19/h7-14,23,27H,6H2,1-5H3/b21-14-/t23-/m1/s1. The first-order valence-electron chi connectivity index (χ1n) is 11.0. The molecular formula is C26H27N3O4S. The number of nitrogens with one attached hydrogen (secondary N) is 1. The second-order valence-electron chi connectivity index (χ2n) is 8.02. The van der Waals surface area contributed by atoms with Gasteiger partial charge in [0.15, 0.2) is 4.80 Å². The number of hydrogen-bond donors (Lipinski definition) is 1. The molecule has 0 amide bonds. The van der Waals surface area contributed by atoms with Crippen molar-refractivity contribution in [2.75, 3.05) is 19.0 Å². The third kappa shape index (κ3) is 4.41. The number of aromatic nitrogens is 1. The molecule has 2 heterocycles. The molecule has 0 aliphatic carbocycles. The summed E-state index contributed by atoms with van der Waals surface area (Å²) in [6, 6.07) is 12.7. The number of carbonyl (C=O) groups is 1. The molecule has 3 aromatic rings. The number of anilines is 1. The molecule has 0 unspecified atom stereocenters. The molecule has 4 rings (SSSR count). The van der Waals surface area contributed by atoms with E-state index in [0.29, 0.717) is 26.4 Å². The number of rotatable bonds is 6. The van der Waals surface area contributed by atoms with Crippen molar-refractivity contribution in [3.8, 4) is 5.75 Å². The van der Waals surface area contributed by atoms with Gasteiger partial charge in [-0.25, -0.2) is 9.79 Å². The molecule has 34 heavy (non-hydrogen) atoms. The molecule has 0 spiro atoms.